The Bertz CT molecular complexity index is 1410. The highest BCUT2D eigenvalue weighted by Gasteiger charge is 2.19. The van der Waals surface area contributed by atoms with Crippen molar-refractivity contribution < 1.29 is 14.3 Å². The van der Waals surface area contributed by atoms with E-state index in [1.807, 2.05) is 72.8 Å². The molecule has 0 heterocycles. The molecule has 0 bridgehead atoms. The molecule has 2 amide bonds. The summed E-state index contributed by atoms with van der Waals surface area (Å²) in [6, 6.07) is 29.3. The topological polar surface area (TPSA) is 79.8 Å². The average molecular weight is 476 g/mol. The standard InChI is InChI=1S/C30H25N3O3/c1-2-19-36-28-18-17-22-11-9-10-16-25(22)26(28)21-31-33-29(34)20-27(23-12-5-3-6-13-23)32-30(35)24-14-7-4-8-15-24/h1,3-18,21,27H,19-20H2,(H,32,35)(H,33,34)/b31-21-/t27-/m0/s1. The lowest BCUT2D eigenvalue weighted by Gasteiger charge is -2.18. The summed E-state index contributed by atoms with van der Waals surface area (Å²) in [7, 11) is 0. The molecule has 1 atom stereocenters. The van der Waals surface area contributed by atoms with Crippen molar-refractivity contribution in [2.24, 2.45) is 5.10 Å². The van der Waals surface area contributed by atoms with Crippen molar-refractivity contribution in [3.8, 4) is 18.1 Å². The van der Waals surface area contributed by atoms with Gasteiger partial charge in [0.25, 0.3) is 5.91 Å². The van der Waals surface area contributed by atoms with Crippen LogP contribution in [0.25, 0.3) is 10.8 Å². The van der Waals surface area contributed by atoms with E-state index in [1.54, 1.807) is 30.5 Å². The number of hydrogen-bond acceptors (Lipinski definition) is 4. The fraction of sp³-hybridized carbons (Fsp3) is 0.100. The zero-order valence-electron chi connectivity index (χ0n) is 19.6. The minimum Gasteiger partial charge on any atom is -0.480 e. The largest absolute Gasteiger partial charge is 0.480 e. The molecular weight excluding hydrogens is 450 g/mol. The lowest BCUT2D eigenvalue weighted by Crippen LogP contribution is -2.32. The first-order chi connectivity index (χ1) is 17.7. The van der Waals surface area contributed by atoms with Crippen molar-refractivity contribution in [1.82, 2.24) is 10.7 Å². The number of carbonyl (C=O) groups is 2. The maximum atomic E-state index is 12.8. The molecule has 178 valence electrons. The molecule has 0 saturated heterocycles. The molecule has 0 saturated carbocycles. The molecule has 4 aromatic carbocycles. The molecule has 0 spiro atoms. The van der Waals surface area contributed by atoms with Gasteiger partial charge in [-0.15, -0.1) is 6.42 Å². The third kappa shape index (κ3) is 6.16. The molecule has 4 aromatic rings. The van der Waals surface area contributed by atoms with Crippen LogP contribution in [0.4, 0.5) is 0 Å². The van der Waals surface area contributed by atoms with E-state index in [1.165, 1.54) is 0 Å². The number of hydrogen-bond donors (Lipinski definition) is 2. The minimum atomic E-state index is -0.527. The smallest absolute Gasteiger partial charge is 0.251 e. The van der Waals surface area contributed by atoms with Crippen molar-refractivity contribution in [3.63, 3.8) is 0 Å². The van der Waals surface area contributed by atoms with Gasteiger partial charge in [-0.25, -0.2) is 5.43 Å². The van der Waals surface area contributed by atoms with Crippen molar-refractivity contribution >= 4 is 28.8 Å². The highest BCUT2D eigenvalue weighted by atomic mass is 16.5. The van der Waals surface area contributed by atoms with Gasteiger partial charge in [0.2, 0.25) is 5.91 Å². The van der Waals surface area contributed by atoms with Crippen molar-refractivity contribution in [1.29, 1.82) is 0 Å². The summed E-state index contributed by atoms with van der Waals surface area (Å²) in [6.07, 6.45) is 6.91. The van der Waals surface area contributed by atoms with Gasteiger partial charge in [-0.3, -0.25) is 9.59 Å². The van der Waals surface area contributed by atoms with Crippen molar-refractivity contribution in [3.05, 3.63) is 114 Å². The first-order valence-corrected chi connectivity index (χ1v) is 11.5. The maximum absolute atomic E-state index is 12.8. The van der Waals surface area contributed by atoms with Crippen LogP contribution in [0.2, 0.25) is 0 Å². The minimum absolute atomic E-state index is 0.00984. The summed E-state index contributed by atoms with van der Waals surface area (Å²) in [5.74, 6) is 2.43. The van der Waals surface area contributed by atoms with E-state index < -0.39 is 6.04 Å². The molecule has 0 fully saturated rings. The average Bonchev–Trinajstić information content (AvgIpc) is 2.93. The van der Waals surface area contributed by atoms with E-state index in [0.717, 1.165) is 16.3 Å². The first-order valence-electron chi connectivity index (χ1n) is 11.5. The Labute approximate surface area is 210 Å². The van der Waals surface area contributed by atoms with Gasteiger partial charge in [0.05, 0.1) is 18.7 Å². The van der Waals surface area contributed by atoms with Gasteiger partial charge in [0.15, 0.2) is 0 Å². The molecule has 0 radical (unpaired) electrons. The van der Waals surface area contributed by atoms with E-state index in [9.17, 15) is 9.59 Å². The van der Waals surface area contributed by atoms with Crippen LogP contribution in [0.3, 0.4) is 0 Å². The predicted octanol–water partition coefficient (Wildman–Crippen LogP) is 4.86. The monoisotopic (exact) mass is 475 g/mol. The van der Waals surface area contributed by atoms with Crippen LogP contribution >= 0.6 is 0 Å². The van der Waals surface area contributed by atoms with Crippen LogP contribution in [0.5, 0.6) is 5.75 Å². The molecule has 6 nitrogen and oxygen atoms in total. The number of rotatable bonds is 9. The normalized spacial score (nSPS) is 11.5. The number of nitrogens with zero attached hydrogens (tertiary/aromatic N) is 1. The summed E-state index contributed by atoms with van der Waals surface area (Å²) in [6.45, 7) is 0.116. The van der Waals surface area contributed by atoms with Gasteiger partial charge in [-0.2, -0.15) is 5.10 Å². The van der Waals surface area contributed by atoms with Crippen LogP contribution in [-0.4, -0.2) is 24.6 Å². The van der Waals surface area contributed by atoms with E-state index >= 15 is 0 Å². The summed E-state index contributed by atoms with van der Waals surface area (Å²) in [5, 5.41) is 9.05. The van der Waals surface area contributed by atoms with Gasteiger partial charge in [-0.05, 0) is 34.5 Å². The van der Waals surface area contributed by atoms with Crippen molar-refractivity contribution in [2.75, 3.05) is 6.61 Å². The third-order valence-corrected chi connectivity index (χ3v) is 5.56. The highest BCUT2D eigenvalue weighted by molar-refractivity contribution is 6.02. The molecule has 2 N–H and O–H groups in total. The number of carbonyl (C=O) groups excluding carboxylic acids is 2. The molecule has 4 rings (SSSR count). The predicted molar refractivity (Wildman–Crippen MR) is 142 cm³/mol. The molecule has 0 unspecified atom stereocenters. The van der Waals surface area contributed by atoms with E-state index in [0.29, 0.717) is 16.9 Å². The number of benzene rings is 4. The summed E-state index contributed by atoms with van der Waals surface area (Å²) in [5.41, 5.74) is 4.62. The Morgan fingerprint density at radius 3 is 2.36 bits per heavy atom. The number of ether oxygens (including phenoxy) is 1. The fourth-order valence-corrected chi connectivity index (χ4v) is 3.82. The lowest BCUT2D eigenvalue weighted by molar-refractivity contribution is -0.121. The summed E-state index contributed by atoms with van der Waals surface area (Å²) < 4.78 is 5.67. The lowest BCUT2D eigenvalue weighted by atomic mass is 10.0. The van der Waals surface area contributed by atoms with Crippen LogP contribution in [0.1, 0.15) is 33.9 Å². The second kappa shape index (κ2) is 12.0. The fourth-order valence-electron chi connectivity index (χ4n) is 3.82. The van der Waals surface area contributed by atoms with Gasteiger partial charge < -0.3 is 10.1 Å². The Kier molecular flexibility index (Phi) is 8.08. The summed E-state index contributed by atoms with van der Waals surface area (Å²) in [4.78, 5) is 25.6. The zero-order chi connectivity index (χ0) is 25.2. The molecule has 0 aliphatic rings. The Morgan fingerprint density at radius 1 is 0.917 bits per heavy atom. The first kappa shape index (κ1) is 24.2. The van der Waals surface area contributed by atoms with Crippen LogP contribution in [-0.2, 0) is 4.79 Å². The third-order valence-electron chi connectivity index (χ3n) is 5.56. The number of fused-ring (bicyclic) bond motifs is 1. The molecular formula is C30H25N3O3. The Morgan fingerprint density at radius 2 is 1.61 bits per heavy atom. The second-order valence-electron chi connectivity index (χ2n) is 7.99. The highest BCUT2D eigenvalue weighted by Crippen LogP contribution is 2.26. The van der Waals surface area contributed by atoms with Crippen molar-refractivity contribution in [2.45, 2.75) is 12.5 Å². The van der Waals surface area contributed by atoms with Gasteiger partial charge in [0.1, 0.15) is 12.4 Å². The number of hydrazone groups is 1. The Balaban J connectivity index is 1.50. The van der Waals surface area contributed by atoms with Gasteiger partial charge in [0, 0.05) is 11.1 Å². The van der Waals surface area contributed by atoms with Crippen LogP contribution in [0, 0.1) is 12.3 Å². The SMILES string of the molecule is C#CCOc1ccc2ccccc2c1/C=N\NC(=O)C[C@H](NC(=O)c1ccccc1)c1ccccc1. The molecule has 36 heavy (non-hydrogen) atoms. The molecule has 0 aliphatic carbocycles. The molecule has 0 aromatic heterocycles. The van der Waals surface area contributed by atoms with E-state index in [2.05, 4.69) is 21.8 Å². The number of nitrogens with one attached hydrogen (secondary N) is 2. The summed E-state index contributed by atoms with van der Waals surface area (Å²) >= 11 is 0. The second-order valence-corrected chi connectivity index (χ2v) is 7.99. The zero-order valence-corrected chi connectivity index (χ0v) is 19.6. The van der Waals surface area contributed by atoms with Gasteiger partial charge in [-0.1, -0.05) is 84.8 Å². The molecule has 6 heteroatoms. The quantitative estimate of drug-likeness (QED) is 0.206. The maximum Gasteiger partial charge on any atom is 0.251 e. The van der Waals surface area contributed by atoms with Crippen LogP contribution < -0.4 is 15.5 Å². The number of terminal acetylenes is 1. The number of amides is 2. The van der Waals surface area contributed by atoms with E-state index in [-0.39, 0.29) is 24.8 Å². The van der Waals surface area contributed by atoms with Crippen LogP contribution in [0.15, 0.2) is 102 Å². The molecule has 0 aliphatic heterocycles. The van der Waals surface area contributed by atoms with E-state index in [4.69, 9.17) is 11.2 Å². The Hall–Kier alpha value is -4.89. The van der Waals surface area contributed by atoms with Gasteiger partial charge >= 0.3 is 0 Å².